The number of nitrogens with one attached hydrogen (secondary N) is 1. The van der Waals surface area contributed by atoms with Gasteiger partial charge in [0, 0.05) is 42.1 Å². The molecule has 1 fully saturated rings. The van der Waals surface area contributed by atoms with E-state index >= 15 is 0 Å². The van der Waals surface area contributed by atoms with E-state index in [1.807, 2.05) is 13.0 Å². The third kappa shape index (κ3) is 3.22. The topological polar surface area (TPSA) is 58.6 Å². The van der Waals surface area contributed by atoms with Crippen LogP contribution in [0.25, 0.3) is 0 Å². The highest BCUT2D eigenvalue weighted by Crippen LogP contribution is 2.37. The molecule has 21 heavy (non-hydrogen) atoms. The first-order valence-electron chi connectivity index (χ1n) is 6.67. The van der Waals surface area contributed by atoms with Gasteiger partial charge in [0.05, 0.1) is 6.61 Å². The van der Waals surface area contributed by atoms with Gasteiger partial charge in [0.1, 0.15) is 10.6 Å². The Kier molecular flexibility index (Phi) is 5.20. The van der Waals surface area contributed by atoms with Crippen LogP contribution in [0, 0.1) is 0 Å². The van der Waals surface area contributed by atoms with E-state index in [0.717, 1.165) is 16.5 Å². The molecule has 1 N–H and O–H groups in total. The molecule has 1 atom stereocenters. The number of piperazine rings is 1. The van der Waals surface area contributed by atoms with Crippen molar-refractivity contribution in [1.29, 1.82) is 0 Å². The summed E-state index contributed by atoms with van der Waals surface area (Å²) in [6.07, 6.45) is 0.759. The number of sulfonamides is 1. The number of benzene rings is 1. The molecule has 0 aromatic heterocycles. The van der Waals surface area contributed by atoms with Crippen molar-refractivity contribution in [2.45, 2.75) is 24.3 Å². The number of rotatable bonds is 2. The second kappa shape index (κ2) is 6.42. The van der Waals surface area contributed by atoms with Crippen LogP contribution in [0.15, 0.2) is 21.5 Å². The van der Waals surface area contributed by atoms with Gasteiger partial charge in [-0.3, -0.25) is 0 Å². The van der Waals surface area contributed by atoms with Gasteiger partial charge >= 0.3 is 0 Å². The molecule has 0 amide bonds. The predicted octanol–water partition coefficient (Wildman–Crippen LogP) is 1.79. The summed E-state index contributed by atoms with van der Waals surface area (Å²) >= 11 is 3.39. The van der Waals surface area contributed by atoms with Gasteiger partial charge in [0.2, 0.25) is 10.0 Å². The maximum atomic E-state index is 12.8. The normalized spacial score (nSPS) is 22.3. The van der Waals surface area contributed by atoms with Gasteiger partial charge in [0.15, 0.2) is 0 Å². The van der Waals surface area contributed by atoms with Crippen LogP contribution in [0.5, 0.6) is 5.75 Å². The maximum Gasteiger partial charge on any atom is 0.246 e. The quantitative estimate of drug-likeness (QED) is 0.826. The van der Waals surface area contributed by atoms with Crippen LogP contribution >= 0.6 is 28.3 Å². The molecule has 1 saturated heterocycles. The zero-order chi connectivity index (χ0) is 14.3. The fourth-order valence-electron chi connectivity index (χ4n) is 2.68. The van der Waals surface area contributed by atoms with Crippen molar-refractivity contribution in [3.63, 3.8) is 0 Å². The Hall–Kier alpha value is -0.340. The largest absolute Gasteiger partial charge is 0.492 e. The third-order valence-electron chi connectivity index (χ3n) is 3.66. The lowest BCUT2D eigenvalue weighted by atomic mass is 10.2. The number of hydrogen-bond acceptors (Lipinski definition) is 4. The molecule has 0 saturated carbocycles. The lowest BCUT2D eigenvalue weighted by molar-refractivity contribution is 0.307. The van der Waals surface area contributed by atoms with Crippen molar-refractivity contribution in [2.75, 3.05) is 26.2 Å². The molecule has 2 aliphatic heterocycles. The van der Waals surface area contributed by atoms with E-state index in [9.17, 15) is 8.42 Å². The van der Waals surface area contributed by atoms with Crippen LogP contribution < -0.4 is 10.1 Å². The molecule has 5 nitrogen and oxygen atoms in total. The highest BCUT2D eigenvalue weighted by atomic mass is 79.9. The second-order valence-corrected chi connectivity index (χ2v) is 8.03. The van der Waals surface area contributed by atoms with Gasteiger partial charge in [-0.15, -0.1) is 12.4 Å². The van der Waals surface area contributed by atoms with Gasteiger partial charge in [-0.1, -0.05) is 15.9 Å². The van der Waals surface area contributed by atoms with Crippen LogP contribution in [0.4, 0.5) is 0 Å². The van der Waals surface area contributed by atoms with Gasteiger partial charge in [-0.25, -0.2) is 8.42 Å². The number of ether oxygens (including phenoxy) is 1. The average Bonchev–Trinajstić information content (AvgIpc) is 2.85. The minimum Gasteiger partial charge on any atom is -0.492 e. The van der Waals surface area contributed by atoms with Gasteiger partial charge < -0.3 is 10.1 Å². The Morgan fingerprint density at radius 1 is 1.43 bits per heavy atom. The first-order valence-corrected chi connectivity index (χ1v) is 8.90. The summed E-state index contributed by atoms with van der Waals surface area (Å²) in [6, 6.07) is 3.74. The monoisotopic (exact) mass is 396 g/mol. The number of nitrogens with zero attached hydrogens (tertiary/aromatic N) is 1. The molecule has 0 bridgehead atoms. The van der Waals surface area contributed by atoms with Crippen molar-refractivity contribution in [3.8, 4) is 5.75 Å². The summed E-state index contributed by atoms with van der Waals surface area (Å²) in [6.45, 7) is 4.20. The van der Waals surface area contributed by atoms with E-state index in [-0.39, 0.29) is 23.3 Å². The van der Waals surface area contributed by atoms with E-state index in [4.69, 9.17) is 4.74 Å². The summed E-state index contributed by atoms with van der Waals surface area (Å²) < 4.78 is 33.6. The highest BCUT2D eigenvalue weighted by Gasteiger charge is 2.33. The van der Waals surface area contributed by atoms with Crippen LogP contribution in [0.3, 0.4) is 0 Å². The molecule has 2 heterocycles. The first kappa shape index (κ1) is 17.0. The Morgan fingerprint density at radius 3 is 2.90 bits per heavy atom. The van der Waals surface area contributed by atoms with Crippen molar-refractivity contribution in [2.24, 2.45) is 0 Å². The zero-order valence-electron chi connectivity index (χ0n) is 11.6. The molecule has 8 heteroatoms. The molecule has 1 aromatic rings. The molecule has 1 unspecified atom stereocenters. The van der Waals surface area contributed by atoms with Crippen molar-refractivity contribution < 1.29 is 13.2 Å². The molecular formula is C13H18BrClN2O3S. The van der Waals surface area contributed by atoms with Crippen LogP contribution in [0.2, 0.25) is 0 Å². The zero-order valence-corrected chi connectivity index (χ0v) is 14.9. The predicted molar refractivity (Wildman–Crippen MR) is 86.8 cm³/mol. The van der Waals surface area contributed by atoms with E-state index < -0.39 is 10.0 Å². The smallest absolute Gasteiger partial charge is 0.246 e. The van der Waals surface area contributed by atoms with Gasteiger partial charge in [0.25, 0.3) is 0 Å². The maximum absolute atomic E-state index is 12.8. The van der Waals surface area contributed by atoms with Crippen LogP contribution in [-0.4, -0.2) is 45.0 Å². The van der Waals surface area contributed by atoms with Crippen molar-refractivity contribution in [3.05, 3.63) is 22.2 Å². The minimum absolute atomic E-state index is 0. The fourth-order valence-corrected chi connectivity index (χ4v) is 5.07. The summed E-state index contributed by atoms with van der Waals surface area (Å²) in [5.74, 6) is 0.527. The SMILES string of the molecule is CC1CN(S(=O)(=O)c2cc(Br)cc3c2OCC3)CCN1.Cl. The molecular weight excluding hydrogens is 380 g/mol. The molecule has 0 radical (unpaired) electrons. The van der Waals surface area contributed by atoms with Gasteiger partial charge in [-0.2, -0.15) is 4.31 Å². The Labute approximate surface area is 139 Å². The Morgan fingerprint density at radius 2 is 2.19 bits per heavy atom. The van der Waals surface area contributed by atoms with Crippen LogP contribution in [-0.2, 0) is 16.4 Å². The lowest BCUT2D eigenvalue weighted by Gasteiger charge is -2.31. The lowest BCUT2D eigenvalue weighted by Crippen LogP contribution is -2.51. The molecule has 1 aromatic carbocycles. The highest BCUT2D eigenvalue weighted by molar-refractivity contribution is 9.10. The number of fused-ring (bicyclic) bond motifs is 1. The molecule has 2 aliphatic rings. The Balaban J connectivity index is 0.00000161. The minimum atomic E-state index is -3.50. The van der Waals surface area contributed by atoms with E-state index in [2.05, 4.69) is 21.2 Å². The van der Waals surface area contributed by atoms with Crippen molar-refractivity contribution >= 4 is 38.4 Å². The molecule has 118 valence electrons. The van der Waals surface area contributed by atoms with Crippen molar-refractivity contribution in [1.82, 2.24) is 9.62 Å². The summed E-state index contributed by atoms with van der Waals surface area (Å²) in [5, 5.41) is 3.25. The second-order valence-electron chi connectivity index (χ2n) is 5.21. The average molecular weight is 398 g/mol. The fraction of sp³-hybridized carbons (Fsp3) is 0.538. The Bertz CT molecular complexity index is 639. The number of halogens is 2. The van der Waals surface area contributed by atoms with Crippen LogP contribution in [0.1, 0.15) is 12.5 Å². The summed E-state index contributed by atoms with van der Waals surface area (Å²) in [7, 11) is -3.50. The molecule has 0 spiro atoms. The van der Waals surface area contributed by atoms with E-state index in [1.165, 1.54) is 4.31 Å². The number of hydrogen-bond donors (Lipinski definition) is 1. The van der Waals surface area contributed by atoms with E-state index in [1.54, 1.807) is 6.07 Å². The van der Waals surface area contributed by atoms with Gasteiger partial charge in [-0.05, 0) is 19.1 Å². The summed E-state index contributed by atoms with van der Waals surface area (Å²) in [5.41, 5.74) is 0.959. The molecule has 3 rings (SSSR count). The standard InChI is InChI=1S/C13H17BrN2O3S.ClH/c1-9-8-16(4-3-15-9)20(17,18)12-7-11(14)6-10-2-5-19-13(10)12;/h6-7,9,15H,2-5,8H2,1H3;1H. The molecule has 0 aliphatic carbocycles. The third-order valence-corrected chi connectivity index (χ3v) is 5.99. The first-order chi connectivity index (χ1) is 9.48. The van der Waals surface area contributed by atoms with E-state index in [0.29, 0.717) is 32.0 Å². The summed E-state index contributed by atoms with van der Waals surface area (Å²) in [4.78, 5) is 0.286.